The van der Waals surface area contributed by atoms with Crippen LogP contribution in [0.15, 0.2) is 35.2 Å². The number of sulfone groups is 1. The van der Waals surface area contributed by atoms with Crippen molar-refractivity contribution in [1.82, 2.24) is 0 Å². The van der Waals surface area contributed by atoms with E-state index < -0.39 is 9.84 Å². The second-order valence-electron chi connectivity index (χ2n) is 6.34. The summed E-state index contributed by atoms with van der Waals surface area (Å²) >= 11 is 0. The van der Waals surface area contributed by atoms with E-state index in [1.807, 2.05) is 25.1 Å². The van der Waals surface area contributed by atoms with Crippen LogP contribution in [0, 0.1) is 6.92 Å². The minimum Gasteiger partial charge on any atom is -0.507 e. The monoisotopic (exact) mass is 362 g/mol. The Labute approximate surface area is 150 Å². The van der Waals surface area contributed by atoms with Gasteiger partial charge >= 0.3 is 0 Å². The van der Waals surface area contributed by atoms with E-state index in [1.54, 1.807) is 13.0 Å². The highest BCUT2D eigenvalue weighted by molar-refractivity contribution is 7.91. The molecule has 2 rings (SSSR count). The van der Waals surface area contributed by atoms with E-state index in [4.69, 9.17) is 0 Å². The highest BCUT2D eigenvalue weighted by Gasteiger charge is 2.26. The molecule has 0 bridgehead atoms. The molecule has 0 spiro atoms. The van der Waals surface area contributed by atoms with Crippen molar-refractivity contribution in [3.8, 4) is 22.6 Å². The van der Waals surface area contributed by atoms with Crippen LogP contribution < -0.4 is 0 Å². The van der Waals surface area contributed by atoms with Crippen LogP contribution in [0.1, 0.15) is 44.2 Å². The number of aryl methyl sites for hydroxylation is 2. The molecule has 0 unspecified atom stereocenters. The minimum absolute atomic E-state index is 0.0413. The highest BCUT2D eigenvalue weighted by atomic mass is 32.2. The van der Waals surface area contributed by atoms with Crippen LogP contribution in [0.25, 0.3) is 11.1 Å². The van der Waals surface area contributed by atoms with Gasteiger partial charge in [-0.05, 0) is 37.0 Å². The Balaban J connectivity index is 2.70. The highest BCUT2D eigenvalue weighted by Crippen LogP contribution is 2.44. The molecule has 0 aliphatic carbocycles. The average Bonchev–Trinajstić information content (AvgIpc) is 2.54. The van der Waals surface area contributed by atoms with Crippen LogP contribution in [0.5, 0.6) is 11.5 Å². The van der Waals surface area contributed by atoms with Gasteiger partial charge in [0.15, 0.2) is 9.84 Å². The first-order chi connectivity index (χ1) is 11.8. The molecule has 0 saturated carbocycles. The molecule has 0 fully saturated rings. The predicted octanol–water partition coefficient (Wildman–Crippen LogP) is 4.60. The van der Waals surface area contributed by atoms with Crippen molar-refractivity contribution in [3.63, 3.8) is 0 Å². The topological polar surface area (TPSA) is 74.6 Å². The molecule has 0 atom stereocenters. The molecule has 136 valence electrons. The summed E-state index contributed by atoms with van der Waals surface area (Å²) in [7, 11) is -3.62. The van der Waals surface area contributed by atoms with Crippen molar-refractivity contribution in [3.05, 3.63) is 41.5 Å². The lowest BCUT2D eigenvalue weighted by Crippen LogP contribution is -2.09. The first kappa shape index (κ1) is 19.3. The smallest absolute Gasteiger partial charge is 0.182 e. The first-order valence-electron chi connectivity index (χ1n) is 8.69. The summed E-state index contributed by atoms with van der Waals surface area (Å²) in [6, 6.07) is 8.78. The Morgan fingerprint density at radius 2 is 1.76 bits per heavy atom. The van der Waals surface area contributed by atoms with E-state index in [1.165, 1.54) is 6.07 Å². The van der Waals surface area contributed by atoms with Crippen molar-refractivity contribution in [2.45, 2.75) is 51.3 Å². The lowest BCUT2D eigenvalue weighted by atomic mass is 9.97. The van der Waals surface area contributed by atoms with Gasteiger partial charge in [-0.1, -0.05) is 56.5 Å². The number of unbranched alkanes of at least 4 members (excludes halogenated alkanes) is 2. The Morgan fingerprint density at radius 1 is 1.04 bits per heavy atom. The zero-order valence-electron chi connectivity index (χ0n) is 15.0. The van der Waals surface area contributed by atoms with Gasteiger partial charge in [-0.25, -0.2) is 8.42 Å². The zero-order valence-corrected chi connectivity index (χ0v) is 15.9. The van der Waals surface area contributed by atoms with Crippen molar-refractivity contribution in [2.24, 2.45) is 0 Å². The summed E-state index contributed by atoms with van der Waals surface area (Å²) in [6.45, 7) is 5.53. The zero-order chi connectivity index (χ0) is 18.6. The summed E-state index contributed by atoms with van der Waals surface area (Å²) in [5.74, 6) is -0.539. The molecule has 5 heteroatoms. The third kappa shape index (κ3) is 4.15. The molecule has 0 heterocycles. The fourth-order valence-electron chi connectivity index (χ4n) is 3.02. The SMILES string of the molecule is CCCCCc1cc(O)c(-c2cccc(C)c2)c(O)c1S(=O)(=O)CC. The fourth-order valence-corrected chi connectivity index (χ4v) is 4.26. The number of hydrogen-bond acceptors (Lipinski definition) is 4. The van der Waals surface area contributed by atoms with Gasteiger partial charge in [0.1, 0.15) is 16.4 Å². The van der Waals surface area contributed by atoms with Crippen LogP contribution in [0.3, 0.4) is 0 Å². The molecular formula is C20H26O4S. The average molecular weight is 362 g/mol. The van der Waals surface area contributed by atoms with Gasteiger partial charge in [-0.2, -0.15) is 0 Å². The van der Waals surface area contributed by atoms with Gasteiger partial charge in [0.05, 0.1) is 11.3 Å². The number of benzene rings is 2. The second-order valence-corrected chi connectivity index (χ2v) is 8.55. The number of hydrogen-bond donors (Lipinski definition) is 2. The largest absolute Gasteiger partial charge is 0.507 e. The van der Waals surface area contributed by atoms with Crippen LogP contribution in [0.2, 0.25) is 0 Å². The molecule has 2 aromatic carbocycles. The molecule has 0 aliphatic heterocycles. The van der Waals surface area contributed by atoms with E-state index in [2.05, 4.69) is 6.92 Å². The Morgan fingerprint density at radius 3 is 2.36 bits per heavy atom. The third-order valence-corrected chi connectivity index (χ3v) is 6.20. The van der Waals surface area contributed by atoms with E-state index in [0.717, 1.165) is 24.8 Å². The molecule has 4 nitrogen and oxygen atoms in total. The Kier molecular flexibility index (Phi) is 6.11. The minimum atomic E-state index is -3.62. The lowest BCUT2D eigenvalue weighted by molar-refractivity contribution is 0.440. The number of phenolic OH excluding ortho intramolecular Hbond substituents is 2. The maximum absolute atomic E-state index is 12.6. The summed E-state index contributed by atoms with van der Waals surface area (Å²) < 4.78 is 25.2. The van der Waals surface area contributed by atoms with E-state index in [-0.39, 0.29) is 27.7 Å². The first-order valence-corrected chi connectivity index (χ1v) is 10.3. The van der Waals surface area contributed by atoms with Crippen molar-refractivity contribution >= 4 is 9.84 Å². The van der Waals surface area contributed by atoms with Gasteiger partial charge in [-0.15, -0.1) is 0 Å². The molecule has 25 heavy (non-hydrogen) atoms. The normalized spacial score (nSPS) is 11.6. The van der Waals surface area contributed by atoms with Gasteiger partial charge in [0, 0.05) is 0 Å². The van der Waals surface area contributed by atoms with Crippen LogP contribution >= 0.6 is 0 Å². The van der Waals surface area contributed by atoms with Crippen LogP contribution in [-0.4, -0.2) is 24.4 Å². The van der Waals surface area contributed by atoms with Gasteiger partial charge in [-0.3, -0.25) is 0 Å². The predicted molar refractivity (Wildman–Crippen MR) is 101 cm³/mol. The fraction of sp³-hybridized carbons (Fsp3) is 0.400. The Bertz CT molecular complexity index is 854. The van der Waals surface area contributed by atoms with E-state index in [0.29, 0.717) is 17.5 Å². The lowest BCUT2D eigenvalue weighted by Gasteiger charge is -2.17. The van der Waals surface area contributed by atoms with Gasteiger partial charge in [0.25, 0.3) is 0 Å². The summed E-state index contributed by atoms with van der Waals surface area (Å²) in [5, 5.41) is 21.3. The van der Waals surface area contributed by atoms with Crippen molar-refractivity contribution < 1.29 is 18.6 Å². The maximum atomic E-state index is 12.6. The van der Waals surface area contributed by atoms with Gasteiger partial charge in [0.2, 0.25) is 0 Å². The van der Waals surface area contributed by atoms with Crippen LogP contribution in [-0.2, 0) is 16.3 Å². The van der Waals surface area contributed by atoms with E-state index >= 15 is 0 Å². The standard InChI is InChI=1S/C20H26O4S/c1-4-6-7-10-16-13-17(21)18(15-11-8-9-14(3)12-15)19(22)20(16)25(23,24)5-2/h8-9,11-13,21-22H,4-7,10H2,1-3H3. The quantitative estimate of drug-likeness (QED) is 0.706. The van der Waals surface area contributed by atoms with Crippen molar-refractivity contribution in [2.75, 3.05) is 5.75 Å². The van der Waals surface area contributed by atoms with Crippen LogP contribution in [0.4, 0.5) is 0 Å². The molecule has 0 radical (unpaired) electrons. The molecule has 2 N–H and O–H groups in total. The van der Waals surface area contributed by atoms with Crippen molar-refractivity contribution in [1.29, 1.82) is 0 Å². The summed E-state index contributed by atoms with van der Waals surface area (Å²) in [5.41, 5.74) is 2.22. The molecule has 2 aromatic rings. The molecule has 0 aliphatic rings. The van der Waals surface area contributed by atoms with Gasteiger partial charge < -0.3 is 10.2 Å². The Hall–Kier alpha value is -2.01. The molecule has 0 amide bonds. The molecular weight excluding hydrogens is 336 g/mol. The summed E-state index contributed by atoms with van der Waals surface area (Å²) in [6.07, 6.45) is 3.30. The molecule has 0 saturated heterocycles. The number of phenols is 2. The number of rotatable bonds is 7. The number of aromatic hydroxyl groups is 2. The maximum Gasteiger partial charge on any atom is 0.182 e. The third-order valence-electron chi connectivity index (χ3n) is 4.36. The summed E-state index contributed by atoms with van der Waals surface area (Å²) in [4.78, 5) is -0.0413. The second kappa shape index (κ2) is 7.91. The van der Waals surface area contributed by atoms with E-state index in [9.17, 15) is 18.6 Å². The molecule has 0 aromatic heterocycles.